The molecule has 33 heavy (non-hydrogen) atoms. The minimum atomic E-state index is -0.461. The van der Waals surface area contributed by atoms with E-state index in [4.69, 9.17) is 16.3 Å². The number of fused-ring (bicyclic) bond motifs is 1. The van der Waals surface area contributed by atoms with Crippen molar-refractivity contribution in [1.82, 2.24) is 15.4 Å². The van der Waals surface area contributed by atoms with E-state index in [0.29, 0.717) is 19.4 Å². The van der Waals surface area contributed by atoms with Crippen LogP contribution in [0.1, 0.15) is 54.5 Å². The number of halogens is 1. The fourth-order valence-electron chi connectivity index (χ4n) is 4.84. The number of hydrazine groups is 1. The molecule has 1 aliphatic heterocycles. The molecular weight excluding hydrogens is 438 g/mol. The number of nitrogens with one attached hydrogen (secondary N) is 2. The number of carbonyl (C=O) groups is 1. The summed E-state index contributed by atoms with van der Waals surface area (Å²) in [6.45, 7) is 0.728. The van der Waals surface area contributed by atoms with Gasteiger partial charge in [0.2, 0.25) is 0 Å². The molecule has 2 aliphatic rings. The number of aldehydes is 1. The molecule has 3 N–H and O–H groups in total. The predicted molar refractivity (Wildman–Crippen MR) is 129 cm³/mol. The molecule has 1 saturated heterocycles. The lowest BCUT2D eigenvalue weighted by Gasteiger charge is -2.34. The van der Waals surface area contributed by atoms with Crippen molar-refractivity contribution in [2.24, 2.45) is 0 Å². The third kappa shape index (κ3) is 5.15. The maximum Gasteiger partial charge on any atom is 0.136 e. The van der Waals surface area contributed by atoms with Crippen LogP contribution in [-0.2, 0) is 16.0 Å². The Morgan fingerprint density at radius 1 is 1.12 bits per heavy atom. The number of aromatic nitrogens is 1. The van der Waals surface area contributed by atoms with Gasteiger partial charge < -0.3 is 19.2 Å². The van der Waals surface area contributed by atoms with E-state index in [0.717, 1.165) is 40.1 Å². The molecule has 1 aliphatic carbocycles. The van der Waals surface area contributed by atoms with Gasteiger partial charge in [-0.1, -0.05) is 41.9 Å². The van der Waals surface area contributed by atoms with E-state index in [1.54, 1.807) is 0 Å². The molecule has 174 valence electrons. The number of benzene rings is 2. The van der Waals surface area contributed by atoms with Crippen molar-refractivity contribution >= 4 is 28.8 Å². The SMILES string of the molecule is O=CCNNCC1CC(O)CC(n2cc(Cc3ccc(C4CC4)cc3)c3c(Cl)cccc32)O1. The van der Waals surface area contributed by atoms with Crippen molar-refractivity contribution in [3.05, 3.63) is 70.4 Å². The van der Waals surface area contributed by atoms with Crippen LogP contribution in [-0.4, -0.2) is 41.3 Å². The predicted octanol–water partition coefficient (Wildman–Crippen LogP) is 4.09. The molecular formula is C26H30ClN3O3. The molecule has 6 nitrogen and oxygen atoms in total. The second kappa shape index (κ2) is 9.95. The van der Waals surface area contributed by atoms with E-state index in [1.807, 2.05) is 12.1 Å². The summed E-state index contributed by atoms with van der Waals surface area (Å²) in [4.78, 5) is 10.5. The van der Waals surface area contributed by atoms with Gasteiger partial charge in [-0.05, 0) is 54.0 Å². The molecule has 0 amide bonds. The van der Waals surface area contributed by atoms with E-state index in [2.05, 4.69) is 51.9 Å². The fourth-order valence-corrected chi connectivity index (χ4v) is 5.13. The summed E-state index contributed by atoms with van der Waals surface area (Å²) < 4.78 is 8.47. The van der Waals surface area contributed by atoms with Gasteiger partial charge in [-0.15, -0.1) is 0 Å². The number of nitrogens with zero attached hydrogens (tertiary/aromatic N) is 1. The molecule has 2 heterocycles. The van der Waals surface area contributed by atoms with Crippen LogP contribution >= 0.6 is 11.6 Å². The van der Waals surface area contributed by atoms with Crippen molar-refractivity contribution in [2.75, 3.05) is 13.1 Å². The van der Waals surface area contributed by atoms with Gasteiger partial charge in [-0.3, -0.25) is 10.9 Å². The zero-order chi connectivity index (χ0) is 22.8. The molecule has 3 aromatic rings. The third-order valence-electron chi connectivity index (χ3n) is 6.62. The number of hydrogen-bond donors (Lipinski definition) is 3. The van der Waals surface area contributed by atoms with E-state index in [-0.39, 0.29) is 18.9 Å². The summed E-state index contributed by atoms with van der Waals surface area (Å²) >= 11 is 6.66. The van der Waals surface area contributed by atoms with Crippen LogP contribution < -0.4 is 10.9 Å². The highest BCUT2D eigenvalue weighted by molar-refractivity contribution is 6.35. The first-order chi connectivity index (χ1) is 16.1. The summed E-state index contributed by atoms with van der Waals surface area (Å²) in [6.07, 6.45) is 6.46. The number of carbonyl (C=O) groups excluding carboxylic acids is 1. The first kappa shape index (κ1) is 22.6. The molecule has 3 unspecified atom stereocenters. The maximum atomic E-state index is 10.5. The second-order valence-electron chi connectivity index (χ2n) is 9.15. The van der Waals surface area contributed by atoms with Crippen LogP contribution in [0.15, 0.2) is 48.7 Å². The van der Waals surface area contributed by atoms with Gasteiger partial charge in [-0.25, -0.2) is 0 Å². The molecule has 0 radical (unpaired) electrons. The van der Waals surface area contributed by atoms with Gasteiger partial charge in [-0.2, -0.15) is 0 Å². The van der Waals surface area contributed by atoms with Crippen molar-refractivity contribution in [2.45, 2.75) is 56.5 Å². The van der Waals surface area contributed by atoms with E-state index in [9.17, 15) is 9.90 Å². The number of aliphatic hydroxyl groups is 1. The Hall–Kier alpha value is -2.22. The standard InChI is InChI=1S/C26H30ClN3O3/c27-23-2-1-3-24-26(23)20(12-17-4-6-18(7-5-17)19-8-9-19)16-30(24)25-14-21(32)13-22(33-25)15-29-28-10-11-31/h1-7,11,16,19,21-22,25,28-29,32H,8-10,12-15H2. The van der Waals surface area contributed by atoms with Crippen molar-refractivity contribution in [3.8, 4) is 0 Å². The Labute approximate surface area is 198 Å². The van der Waals surface area contributed by atoms with Gasteiger partial charge in [0.25, 0.3) is 0 Å². The van der Waals surface area contributed by atoms with Crippen LogP contribution in [0.25, 0.3) is 10.9 Å². The molecule has 0 spiro atoms. The van der Waals surface area contributed by atoms with E-state index >= 15 is 0 Å². The van der Waals surface area contributed by atoms with Crippen LogP contribution in [0.2, 0.25) is 5.02 Å². The first-order valence-electron chi connectivity index (χ1n) is 11.7. The van der Waals surface area contributed by atoms with Crippen molar-refractivity contribution < 1.29 is 14.6 Å². The largest absolute Gasteiger partial charge is 0.393 e. The van der Waals surface area contributed by atoms with Gasteiger partial charge in [0.15, 0.2) is 0 Å². The highest BCUT2D eigenvalue weighted by atomic mass is 35.5. The topological polar surface area (TPSA) is 75.5 Å². The molecule has 3 atom stereocenters. The third-order valence-corrected chi connectivity index (χ3v) is 6.93. The van der Waals surface area contributed by atoms with Crippen LogP contribution in [0.4, 0.5) is 0 Å². The smallest absolute Gasteiger partial charge is 0.136 e. The Kier molecular flexibility index (Phi) is 6.81. The summed E-state index contributed by atoms with van der Waals surface area (Å²) in [5.74, 6) is 0.751. The van der Waals surface area contributed by atoms with Crippen LogP contribution in [0, 0.1) is 0 Å². The Morgan fingerprint density at radius 2 is 1.94 bits per heavy atom. The lowest BCUT2D eigenvalue weighted by Crippen LogP contribution is -2.44. The molecule has 1 saturated carbocycles. The molecule has 2 fully saturated rings. The van der Waals surface area contributed by atoms with Crippen LogP contribution in [0.5, 0.6) is 0 Å². The highest BCUT2D eigenvalue weighted by Gasteiger charge is 2.30. The second-order valence-corrected chi connectivity index (χ2v) is 9.56. The summed E-state index contributed by atoms with van der Waals surface area (Å²) in [6, 6.07) is 14.9. The van der Waals surface area contributed by atoms with Gasteiger partial charge in [0.1, 0.15) is 12.5 Å². The molecule has 2 aromatic carbocycles. The lowest BCUT2D eigenvalue weighted by atomic mass is 10.0. The maximum absolute atomic E-state index is 10.5. The zero-order valence-corrected chi connectivity index (χ0v) is 19.3. The summed E-state index contributed by atoms with van der Waals surface area (Å²) in [7, 11) is 0. The average Bonchev–Trinajstić information content (AvgIpc) is 3.59. The fraction of sp³-hybridized carbons (Fsp3) is 0.423. The number of aliphatic hydroxyl groups excluding tert-OH is 1. The Balaban J connectivity index is 1.39. The number of rotatable bonds is 9. The number of hydrogen-bond acceptors (Lipinski definition) is 5. The first-order valence-corrected chi connectivity index (χ1v) is 12.1. The number of ether oxygens (including phenoxy) is 1. The Bertz CT molecular complexity index is 1110. The minimum absolute atomic E-state index is 0.173. The molecule has 7 heteroatoms. The van der Waals surface area contributed by atoms with Gasteiger partial charge >= 0.3 is 0 Å². The van der Waals surface area contributed by atoms with Gasteiger partial charge in [0.05, 0.1) is 29.3 Å². The summed E-state index contributed by atoms with van der Waals surface area (Å²) in [5, 5.41) is 12.3. The molecule has 1 aromatic heterocycles. The van der Waals surface area contributed by atoms with Crippen LogP contribution in [0.3, 0.4) is 0 Å². The quantitative estimate of drug-likeness (QED) is 0.251. The van der Waals surface area contributed by atoms with Crippen molar-refractivity contribution in [1.29, 1.82) is 0 Å². The summed E-state index contributed by atoms with van der Waals surface area (Å²) in [5.41, 5.74) is 10.7. The van der Waals surface area contributed by atoms with E-state index in [1.165, 1.54) is 24.0 Å². The minimum Gasteiger partial charge on any atom is -0.393 e. The normalized spacial score (nSPS) is 23.2. The monoisotopic (exact) mass is 467 g/mol. The van der Waals surface area contributed by atoms with Gasteiger partial charge in [0, 0.05) is 31.0 Å². The highest BCUT2D eigenvalue weighted by Crippen LogP contribution is 2.40. The molecule has 0 bridgehead atoms. The average molecular weight is 468 g/mol. The lowest BCUT2D eigenvalue weighted by molar-refractivity contribution is -0.126. The van der Waals surface area contributed by atoms with E-state index < -0.39 is 6.10 Å². The Morgan fingerprint density at radius 3 is 2.70 bits per heavy atom. The van der Waals surface area contributed by atoms with Crippen molar-refractivity contribution in [3.63, 3.8) is 0 Å². The zero-order valence-electron chi connectivity index (χ0n) is 18.5. The molecule has 5 rings (SSSR count).